The monoisotopic (exact) mass is 467 g/mol. The van der Waals surface area contributed by atoms with Crippen LogP contribution in [-0.2, 0) is 9.59 Å². The number of hydrazine groups is 1. The molecule has 0 fully saturated rings. The fraction of sp³-hybridized carbons (Fsp3) is 0.150. The fourth-order valence-corrected chi connectivity index (χ4v) is 2.71. The zero-order chi connectivity index (χ0) is 22.1. The molecule has 0 heterocycles. The first kappa shape index (κ1) is 23.5. The van der Waals surface area contributed by atoms with Crippen LogP contribution in [0.15, 0.2) is 48.5 Å². The van der Waals surface area contributed by atoms with Crippen LogP contribution in [0.1, 0.15) is 12.5 Å². The van der Waals surface area contributed by atoms with E-state index in [1.165, 1.54) is 19.1 Å². The van der Waals surface area contributed by atoms with Gasteiger partial charge in [0.2, 0.25) is 5.91 Å². The lowest BCUT2D eigenvalue weighted by Gasteiger charge is -2.16. The minimum atomic E-state index is -0.885. The van der Waals surface area contributed by atoms with E-state index in [9.17, 15) is 9.59 Å². The first-order chi connectivity index (χ1) is 14.3. The van der Waals surface area contributed by atoms with Gasteiger partial charge in [-0.3, -0.25) is 25.8 Å². The van der Waals surface area contributed by atoms with Gasteiger partial charge in [0.25, 0.3) is 5.91 Å². The van der Waals surface area contributed by atoms with E-state index in [1.54, 1.807) is 49.6 Å². The van der Waals surface area contributed by atoms with Gasteiger partial charge in [0, 0.05) is 11.1 Å². The van der Waals surface area contributed by atoms with Crippen LogP contribution in [0, 0.1) is 0 Å². The average Bonchev–Trinajstić information content (AvgIpc) is 2.72. The van der Waals surface area contributed by atoms with E-state index in [-0.39, 0.29) is 10.1 Å². The first-order valence-electron chi connectivity index (χ1n) is 8.63. The maximum absolute atomic E-state index is 12.1. The van der Waals surface area contributed by atoms with Gasteiger partial charge >= 0.3 is 0 Å². The smallest absolute Gasteiger partial charge is 0.279 e. The quantitative estimate of drug-likeness (QED) is 0.342. The highest BCUT2D eigenvalue weighted by atomic mass is 35.5. The van der Waals surface area contributed by atoms with Crippen LogP contribution in [0.4, 0.5) is 0 Å². The molecule has 0 aliphatic rings. The van der Waals surface area contributed by atoms with E-state index < -0.39 is 17.9 Å². The SMILES string of the molecule is COc1ccc(/C=C/C(=O)NC(=S)NNC(=O)C(C)Oc2ccc(Cl)cc2Cl)cc1. The summed E-state index contributed by atoms with van der Waals surface area (Å²) in [6, 6.07) is 11.8. The maximum Gasteiger partial charge on any atom is 0.279 e. The van der Waals surface area contributed by atoms with Gasteiger partial charge in [-0.05, 0) is 61.1 Å². The van der Waals surface area contributed by atoms with Crippen molar-refractivity contribution in [2.45, 2.75) is 13.0 Å². The van der Waals surface area contributed by atoms with Gasteiger partial charge < -0.3 is 9.47 Å². The van der Waals surface area contributed by atoms with Crippen LogP contribution in [0.25, 0.3) is 6.08 Å². The van der Waals surface area contributed by atoms with Crippen LogP contribution in [-0.4, -0.2) is 30.1 Å². The molecule has 1 unspecified atom stereocenters. The Morgan fingerprint density at radius 3 is 2.43 bits per heavy atom. The third-order valence-electron chi connectivity index (χ3n) is 3.65. The molecule has 10 heteroatoms. The largest absolute Gasteiger partial charge is 0.497 e. The molecule has 0 radical (unpaired) electrons. The number of nitrogens with one attached hydrogen (secondary N) is 3. The van der Waals surface area contributed by atoms with Gasteiger partial charge in [-0.15, -0.1) is 0 Å². The summed E-state index contributed by atoms with van der Waals surface area (Å²) in [4.78, 5) is 24.0. The summed E-state index contributed by atoms with van der Waals surface area (Å²) in [6.07, 6.45) is 2.04. The lowest BCUT2D eigenvalue weighted by molar-refractivity contribution is -0.128. The Hall–Kier alpha value is -2.81. The number of carbonyl (C=O) groups excluding carboxylic acids is 2. The Balaban J connectivity index is 1.77. The third kappa shape index (κ3) is 7.55. The number of ether oxygens (including phenoxy) is 2. The lowest BCUT2D eigenvalue weighted by atomic mass is 10.2. The summed E-state index contributed by atoms with van der Waals surface area (Å²) in [6.45, 7) is 1.53. The molecule has 0 bridgehead atoms. The molecule has 2 amide bonds. The van der Waals surface area contributed by atoms with Crippen molar-refractivity contribution in [1.29, 1.82) is 0 Å². The van der Waals surface area contributed by atoms with Gasteiger partial charge in [0.05, 0.1) is 12.1 Å². The van der Waals surface area contributed by atoms with Crippen LogP contribution < -0.4 is 25.6 Å². The standard InChI is InChI=1S/C20H19Cl2N3O4S/c1-12(29-17-9-6-14(21)11-16(17)22)19(27)24-25-20(30)23-18(26)10-5-13-3-7-15(28-2)8-4-13/h3-12H,1-2H3,(H,24,27)(H2,23,25,26,30)/b10-5+. The molecule has 2 aromatic rings. The topological polar surface area (TPSA) is 88.7 Å². The van der Waals surface area contributed by atoms with Gasteiger partial charge in [0.15, 0.2) is 11.2 Å². The highest BCUT2D eigenvalue weighted by molar-refractivity contribution is 7.80. The normalized spacial score (nSPS) is 11.5. The number of hydrogen-bond acceptors (Lipinski definition) is 5. The molecule has 0 aliphatic heterocycles. The molecule has 0 saturated heterocycles. The number of hydrogen-bond donors (Lipinski definition) is 3. The van der Waals surface area contributed by atoms with E-state index in [1.807, 2.05) is 0 Å². The number of thiocarbonyl (C=S) groups is 1. The second kappa shape index (κ2) is 11.4. The van der Waals surface area contributed by atoms with Gasteiger partial charge in [-0.1, -0.05) is 35.3 Å². The van der Waals surface area contributed by atoms with E-state index in [0.717, 1.165) is 5.56 Å². The van der Waals surface area contributed by atoms with E-state index >= 15 is 0 Å². The minimum Gasteiger partial charge on any atom is -0.497 e. The predicted octanol–water partition coefficient (Wildman–Crippen LogP) is 3.50. The zero-order valence-electron chi connectivity index (χ0n) is 16.1. The molecular formula is C20H19Cl2N3O4S. The van der Waals surface area contributed by atoms with Crippen molar-refractivity contribution in [3.8, 4) is 11.5 Å². The van der Waals surface area contributed by atoms with Crippen molar-refractivity contribution < 1.29 is 19.1 Å². The second-order valence-corrected chi connectivity index (χ2v) is 7.13. The average molecular weight is 468 g/mol. The summed E-state index contributed by atoms with van der Waals surface area (Å²) < 4.78 is 10.6. The summed E-state index contributed by atoms with van der Waals surface area (Å²) >= 11 is 16.8. The van der Waals surface area contributed by atoms with E-state index in [2.05, 4.69) is 16.2 Å². The van der Waals surface area contributed by atoms with Crippen LogP contribution >= 0.6 is 35.4 Å². The molecule has 0 aliphatic carbocycles. The molecule has 2 rings (SSSR count). The Morgan fingerprint density at radius 1 is 1.10 bits per heavy atom. The minimum absolute atomic E-state index is 0.0792. The number of methoxy groups -OCH3 is 1. The third-order valence-corrected chi connectivity index (χ3v) is 4.38. The van der Waals surface area contributed by atoms with Crippen molar-refractivity contribution in [3.05, 3.63) is 64.1 Å². The number of rotatable bonds is 6. The van der Waals surface area contributed by atoms with Crippen LogP contribution in [0.3, 0.4) is 0 Å². The molecule has 0 saturated carbocycles. The Labute approximate surface area is 189 Å². The van der Waals surface area contributed by atoms with E-state index in [0.29, 0.717) is 16.5 Å². The highest BCUT2D eigenvalue weighted by Crippen LogP contribution is 2.28. The Bertz CT molecular complexity index is 952. The fourth-order valence-electron chi connectivity index (χ4n) is 2.11. The maximum atomic E-state index is 12.1. The summed E-state index contributed by atoms with van der Waals surface area (Å²) in [5.41, 5.74) is 5.59. The Kier molecular flexibility index (Phi) is 8.91. The molecule has 2 aromatic carbocycles. The van der Waals surface area contributed by atoms with Crippen molar-refractivity contribution >= 4 is 58.4 Å². The van der Waals surface area contributed by atoms with Crippen molar-refractivity contribution in [2.75, 3.05) is 7.11 Å². The molecule has 158 valence electrons. The van der Waals surface area contributed by atoms with Crippen molar-refractivity contribution in [2.24, 2.45) is 0 Å². The van der Waals surface area contributed by atoms with Gasteiger partial charge in [-0.2, -0.15) is 0 Å². The number of amides is 2. The second-order valence-electron chi connectivity index (χ2n) is 5.87. The summed E-state index contributed by atoms with van der Waals surface area (Å²) in [7, 11) is 1.57. The molecule has 7 nitrogen and oxygen atoms in total. The van der Waals surface area contributed by atoms with Crippen LogP contribution in [0.2, 0.25) is 10.0 Å². The van der Waals surface area contributed by atoms with Crippen molar-refractivity contribution in [1.82, 2.24) is 16.2 Å². The Morgan fingerprint density at radius 2 is 1.80 bits per heavy atom. The molecule has 0 spiro atoms. The summed E-state index contributed by atoms with van der Waals surface area (Å²) in [5.74, 6) is 0.0405. The molecular weight excluding hydrogens is 449 g/mol. The molecule has 30 heavy (non-hydrogen) atoms. The molecule has 3 N–H and O–H groups in total. The van der Waals surface area contributed by atoms with Gasteiger partial charge in [-0.25, -0.2) is 0 Å². The molecule has 1 atom stereocenters. The number of halogens is 2. The van der Waals surface area contributed by atoms with Gasteiger partial charge in [0.1, 0.15) is 11.5 Å². The van der Waals surface area contributed by atoms with Crippen LogP contribution in [0.5, 0.6) is 11.5 Å². The lowest BCUT2D eigenvalue weighted by Crippen LogP contribution is -2.51. The predicted molar refractivity (Wildman–Crippen MR) is 121 cm³/mol. The summed E-state index contributed by atoms with van der Waals surface area (Å²) in [5, 5.41) is 3.06. The zero-order valence-corrected chi connectivity index (χ0v) is 18.4. The number of carbonyl (C=O) groups is 2. The molecule has 0 aromatic heterocycles. The van der Waals surface area contributed by atoms with E-state index in [4.69, 9.17) is 44.9 Å². The number of benzene rings is 2. The highest BCUT2D eigenvalue weighted by Gasteiger charge is 2.16. The van der Waals surface area contributed by atoms with Crippen molar-refractivity contribution in [3.63, 3.8) is 0 Å². The first-order valence-corrected chi connectivity index (χ1v) is 9.79.